The minimum Gasteiger partial charge on any atom is -0.440 e. The van der Waals surface area contributed by atoms with Gasteiger partial charge < -0.3 is 8.94 Å². The first-order chi connectivity index (χ1) is 11.7. The van der Waals surface area contributed by atoms with E-state index in [1.165, 1.54) is 0 Å². The van der Waals surface area contributed by atoms with Crippen molar-refractivity contribution in [1.29, 1.82) is 0 Å². The average molecular weight is 347 g/mol. The van der Waals surface area contributed by atoms with Gasteiger partial charge in [0.05, 0.1) is 6.54 Å². The SMILES string of the molecule is CCc1noc(CN2CCC(c3nc4cc(Cl)ccc4o3)CC2)n1. The van der Waals surface area contributed by atoms with Gasteiger partial charge in [0, 0.05) is 17.4 Å². The second-order valence-electron chi connectivity index (χ2n) is 6.17. The summed E-state index contributed by atoms with van der Waals surface area (Å²) >= 11 is 6.01. The summed E-state index contributed by atoms with van der Waals surface area (Å²) in [4.78, 5) is 11.3. The fourth-order valence-corrected chi connectivity index (χ4v) is 3.29. The molecule has 4 rings (SSSR count). The molecule has 6 nitrogen and oxygen atoms in total. The predicted molar refractivity (Wildman–Crippen MR) is 89.9 cm³/mol. The van der Waals surface area contributed by atoms with Crippen LogP contribution in [-0.2, 0) is 13.0 Å². The number of aryl methyl sites for hydroxylation is 1. The van der Waals surface area contributed by atoms with Crippen molar-refractivity contribution in [3.8, 4) is 0 Å². The van der Waals surface area contributed by atoms with E-state index in [-0.39, 0.29) is 0 Å². The van der Waals surface area contributed by atoms with Gasteiger partial charge in [0.15, 0.2) is 17.3 Å². The lowest BCUT2D eigenvalue weighted by atomic mass is 9.97. The standard InChI is InChI=1S/C17H19ClN4O2/c1-2-15-20-16(24-21-15)10-22-7-5-11(6-8-22)17-19-13-9-12(18)3-4-14(13)23-17/h3-4,9,11H,2,5-8,10H2,1H3. The van der Waals surface area contributed by atoms with E-state index < -0.39 is 0 Å². The average Bonchev–Trinajstić information content (AvgIpc) is 3.21. The van der Waals surface area contributed by atoms with Crippen LogP contribution in [0.4, 0.5) is 0 Å². The summed E-state index contributed by atoms with van der Waals surface area (Å²) in [5.74, 6) is 2.63. The molecule has 0 unspecified atom stereocenters. The highest BCUT2D eigenvalue weighted by Gasteiger charge is 2.25. The number of fused-ring (bicyclic) bond motifs is 1. The van der Waals surface area contributed by atoms with Crippen LogP contribution in [0.15, 0.2) is 27.1 Å². The van der Waals surface area contributed by atoms with E-state index in [4.69, 9.17) is 20.5 Å². The quantitative estimate of drug-likeness (QED) is 0.715. The lowest BCUT2D eigenvalue weighted by Gasteiger charge is -2.29. The van der Waals surface area contributed by atoms with Crippen molar-refractivity contribution < 1.29 is 8.94 Å². The van der Waals surface area contributed by atoms with Crippen molar-refractivity contribution in [3.63, 3.8) is 0 Å². The lowest BCUT2D eigenvalue weighted by Crippen LogP contribution is -2.32. The van der Waals surface area contributed by atoms with E-state index in [9.17, 15) is 0 Å². The van der Waals surface area contributed by atoms with E-state index in [1.54, 1.807) is 0 Å². The van der Waals surface area contributed by atoms with Crippen molar-refractivity contribution in [2.75, 3.05) is 13.1 Å². The monoisotopic (exact) mass is 346 g/mol. The molecular formula is C17H19ClN4O2. The fourth-order valence-electron chi connectivity index (χ4n) is 3.12. The number of aromatic nitrogens is 3. The fraction of sp³-hybridized carbons (Fsp3) is 0.471. The minimum atomic E-state index is 0.348. The molecule has 1 fully saturated rings. The Hall–Kier alpha value is -1.92. The summed E-state index contributed by atoms with van der Waals surface area (Å²) in [6, 6.07) is 5.56. The molecule has 0 N–H and O–H groups in total. The Labute approximate surface area is 144 Å². The van der Waals surface area contributed by atoms with Crippen molar-refractivity contribution >= 4 is 22.7 Å². The van der Waals surface area contributed by atoms with Crippen LogP contribution in [0.2, 0.25) is 5.02 Å². The third-order valence-electron chi connectivity index (χ3n) is 4.49. The molecule has 1 aliphatic heterocycles. The molecule has 7 heteroatoms. The van der Waals surface area contributed by atoms with Gasteiger partial charge in [-0.2, -0.15) is 4.98 Å². The number of piperidine rings is 1. The van der Waals surface area contributed by atoms with Crippen LogP contribution in [0.25, 0.3) is 11.1 Å². The van der Waals surface area contributed by atoms with Crippen LogP contribution in [-0.4, -0.2) is 33.1 Å². The molecule has 0 saturated carbocycles. The van der Waals surface area contributed by atoms with Gasteiger partial charge in [-0.3, -0.25) is 4.90 Å². The first kappa shape index (κ1) is 15.6. The highest BCUT2D eigenvalue weighted by molar-refractivity contribution is 6.31. The Balaban J connectivity index is 1.39. The summed E-state index contributed by atoms with van der Waals surface area (Å²) in [6.45, 7) is 4.67. The van der Waals surface area contributed by atoms with Crippen molar-refractivity contribution in [2.45, 2.75) is 38.6 Å². The van der Waals surface area contributed by atoms with Crippen LogP contribution >= 0.6 is 11.6 Å². The molecule has 1 saturated heterocycles. The van der Waals surface area contributed by atoms with Gasteiger partial charge in [-0.15, -0.1) is 0 Å². The van der Waals surface area contributed by atoms with Gasteiger partial charge in [0.2, 0.25) is 5.89 Å². The van der Waals surface area contributed by atoms with E-state index in [0.717, 1.165) is 55.2 Å². The van der Waals surface area contributed by atoms with Gasteiger partial charge in [-0.25, -0.2) is 4.98 Å². The molecule has 0 atom stereocenters. The molecular weight excluding hydrogens is 328 g/mol. The maximum atomic E-state index is 6.01. The summed E-state index contributed by atoms with van der Waals surface area (Å²) in [6.07, 6.45) is 2.82. The number of halogens is 1. The van der Waals surface area contributed by atoms with Gasteiger partial charge in [-0.1, -0.05) is 23.7 Å². The van der Waals surface area contributed by atoms with E-state index >= 15 is 0 Å². The van der Waals surface area contributed by atoms with Crippen LogP contribution < -0.4 is 0 Å². The molecule has 0 aliphatic carbocycles. The molecule has 1 aliphatic rings. The first-order valence-corrected chi connectivity index (χ1v) is 8.69. The second-order valence-corrected chi connectivity index (χ2v) is 6.61. The third kappa shape index (κ3) is 3.16. The molecule has 0 amide bonds. The number of likely N-dealkylation sites (tertiary alicyclic amines) is 1. The van der Waals surface area contributed by atoms with Crippen molar-refractivity contribution in [1.82, 2.24) is 20.0 Å². The largest absolute Gasteiger partial charge is 0.440 e. The van der Waals surface area contributed by atoms with Gasteiger partial charge in [-0.05, 0) is 44.1 Å². The van der Waals surface area contributed by atoms with Crippen molar-refractivity contribution in [3.05, 3.63) is 40.8 Å². The zero-order chi connectivity index (χ0) is 16.5. The number of hydrogen-bond donors (Lipinski definition) is 0. The zero-order valence-corrected chi connectivity index (χ0v) is 14.3. The molecule has 0 spiro atoms. The Morgan fingerprint density at radius 3 is 2.83 bits per heavy atom. The topological polar surface area (TPSA) is 68.2 Å². The highest BCUT2D eigenvalue weighted by Crippen LogP contribution is 2.31. The van der Waals surface area contributed by atoms with Gasteiger partial charge >= 0.3 is 0 Å². The molecule has 2 aromatic heterocycles. The van der Waals surface area contributed by atoms with Gasteiger partial charge in [0.25, 0.3) is 0 Å². The molecule has 126 valence electrons. The number of rotatable bonds is 4. The maximum Gasteiger partial charge on any atom is 0.240 e. The van der Waals surface area contributed by atoms with E-state index in [1.807, 2.05) is 25.1 Å². The number of nitrogens with zero attached hydrogens (tertiary/aromatic N) is 4. The zero-order valence-electron chi connectivity index (χ0n) is 13.5. The summed E-state index contributed by atoms with van der Waals surface area (Å²) < 4.78 is 11.2. The first-order valence-electron chi connectivity index (χ1n) is 8.31. The molecule has 0 bridgehead atoms. The molecule has 0 radical (unpaired) electrons. The molecule has 24 heavy (non-hydrogen) atoms. The Morgan fingerprint density at radius 2 is 2.08 bits per heavy atom. The molecule has 3 heterocycles. The summed E-state index contributed by atoms with van der Waals surface area (Å²) in [5.41, 5.74) is 1.63. The third-order valence-corrected chi connectivity index (χ3v) is 4.72. The second kappa shape index (κ2) is 6.53. The van der Waals surface area contributed by atoms with Gasteiger partial charge in [0.1, 0.15) is 5.52 Å². The normalized spacial score (nSPS) is 16.9. The Morgan fingerprint density at radius 1 is 1.25 bits per heavy atom. The summed E-state index contributed by atoms with van der Waals surface area (Å²) in [5, 5.41) is 4.63. The van der Waals surface area contributed by atoms with Crippen LogP contribution in [0.1, 0.15) is 43.3 Å². The molecule has 3 aromatic rings. The minimum absolute atomic E-state index is 0.348. The van der Waals surface area contributed by atoms with Crippen LogP contribution in [0.3, 0.4) is 0 Å². The van der Waals surface area contributed by atoms with E-state index in [2.05, 4.69) is 20.0 Å². The van der Waals surface area contributed by atoms with E-state index in [0.29, 0.717) is 23.4 Å². The Kier molecular flexibility index (Phi) is 4.24. The summed E-state index contributed by atoms with van der Waals surface area (Å²) in [7, 11) is 0. The number of hydrogen-bond acceptors (Lipinski definition) is 6. The van der Waals surface area contributed by atoms with Crippen LogP contribution in [0.5, 0.6) is 0 Å². The maximum absolute atomic E-state index is 6.01. The van der Waals surface area contributed by atoms with Crippen LogP contribution in [0, 0.1) is 0 Å². The van der Waals surface area contributed by atoms with Crippen molar-refractivity contribution in [2.24, 2.45) is 0 Å². The Bertz CT molecular complexity index is 836. The number of oxazole rings is 1. The lowest BCUT2D eigenvalue weighted by molar-refractivity contribution is 0.173. The number of benzene rings is 1. The smallest absolute Gasteiger partial charge is 0.240 e. The predicted octanol–water partition coefficient (Wildman–Crippen LogP) is 3.81. The molecule has 1 aromatic carbocycles. The highest BCUT2D eigenvalue weighted by atomic mass is 35.5.